The topological polar surface area (TPSA) is 63.3 Å². The van der Waals surface area contributed by atoms with Gasteiger partial charge in [0.05, 0.1) is 0 Å². The molecule has 0 amide bonds. The minimum Gasteiger partial charge on any atom is -0.480 e. The fourth-order valence-electron chi connectivity index (χ4n) is 1.37. The molecule has 88 valence electrons. The first-order valence-corrected chi connectivity index (χ1v) is 6.26. The molecule has 1 aromatic carbocycles. The van der Waals surface area contributed by atoms with E-state index in [4.69, 9.17) is 10.8 Å². The van der Waals surface area contributed by atoms with Gasteiger partial charge in [-0.1, -0.05) is 25.8 Å². The Hall–Kier alpha value is -1.16. The van der Waals surface area contributed by atoms with Gasteiger partial charge in [-0.2, -0.15) is 0 Å². The Morgan fingerprint density at radius 3 is 2.88 bits per heavy atom. The second kappa shape index (κ2) is 6.43. The maximum atomic E-state index is 11.0. The van der Waals surface area contributed by atoms with Crippen LogP contribution in [0.4, 0.5) is 5.69 Å². The molecule has 0 aliphatic heterocycles. The number of thioether (sulfide) groups is 1. The molecule has 0 bridgehead atoms. The number of aliphatic carboxylic acids is 1. The number of hydrogen-bond donors (Lipinski definition) is 2. The van der Waals surface area contributed by atoms with Crippen molar-refractivity contribution < 1.29 is 9.90 Å². The minimum atomic E-state index is -0.749. The predicted molar refractivity (Wildman–Crippen MR) is 67.7 cm³/mol. The average Bonchev–Trinajstić information content (AvgIpc) is 2.24. The van der Waals surface area contributed by atoms with E-state index in [1.807, 2.05) is 18.2 Å². The van der Waals surface area contributed by atoms with E-state index in [0.29, 0.717) is 12.1 Å². The molecule has 0 spiro atoms. The number of carbonyl (C=O) groups is 1. The average molecular weight is 239 g/mol. The van der Waals surface area contributed by atoms with Crippen LogP contribution in [-0.4, -0.2) is 16.3 Å². The van der Waals surface area contributed by atoms with Crippen LogP contribution in [0.15, 0.2) is 29.2 Å². The zero-order chi connectivity index (χ0) is 12.0. The molecule has 1 atom stereocenters. The van der Waals surface area contributed by atoms with Gasteiger partial charge in [0.1, 0.15) is 5.25 Å². The number of anilines is 1. The third kappa shape index (κ3) is 4.14. The highest BCUT2D eigenvalue weighted by Crippen LogP contribution is 2.28. The van der Waals surface area contributed by atoms with Gasteiger partial charge in [-0.15, -0.1) is 11.8 Å². The number of carboxylic acids is 1. The normalized spacial score (nSPS) is 12.3. The number of carboxylic acid groups (broad SMARTS) is 1. The van der Waals surface area contributed by atoms with Gasteiger partial charge in [-0.05, 0) is 24.6 Å². The summed E-state index contributed by atoms with van der Waals surface area (Å²) in [5.74, 6) is -0.749. The molecule has 16 heavy (non-hydrogen) atoms. The highest BCUT2D eigenvalue weighted by Gasteiger charge is 2.17. The van der Waals surface area contributed by atoms with Gasteiger partial charge >= 0.3 is 5.97 Å². The second-order valence-electron chi connectivity index (χ2n) is 3.66. The van der Waals surface area contributed by atoms with Crippen molar-refractivity contribution in [3.63, 3.8) is 0 Å². The van der Waals surface area contributed by atoms with Gasteiger partial charge < -0.3 is 10.8 Å². The maximum Gasteiger partial charge on any atom is 0.316 e. The van der Waals surface area contributed by atoms with E-state index in [2.05, 4.69) is 6.92 Å². The molecule has 0 aliphatic carbocycles. The van der Waals surface area contributed by atoms with Crippen molar-refractivity contribution in [2.75, 3.05) is 5.73 Å². The van der Waals surface area contributed by atoms with E-state index in [-0.39, 0.29) is 5.25 Å². The number of rotatable bonds is 6. The molecule has 0 radical (unpaired) electrons. The zero-order valence-corrected chi connectivity index (χ0v) is 10.2. The molecule has 1 rings (SSSR count). The van der Waals surface area contributed by atoms with Gasteiger partial charge in [0.15, 0.2) is 0 Å². The molecule has 0 heterocycles. The highest BCUT2D eigenvalue weighted by atomic mass is 32.2. The minimum absolute atomic E-state index is 0.373. The Labute approximate surface area is 100 Å². The Morgan fingerprint density at radius 2 is 2.31 bits per heavy atom. The summed E-state index contributed by atoms with van der Waals surface area (Å²) in [6.07, 6.45) is 2.65. The van der Waals surface area contributed by atoms with Crippen molar-refractivity contribution in [1.82, 2.24) is 0 Å². The van der Waals surface area contributed by atoms with Crippen LogP contribution in [-0.2, 0) is 4.79 Å². The van der Waals surface area contributed by atoms with Crippen LogP contribution in [0.25, 0.3) is 0 Å². The van der Waals surface area contributed by atoms with E-state index in [1.54, 1.807) is 6.07 Å². The first-order valence-electron chi connectivity index (χ1n) is 5.38. The van der Waals surface area contributed by atoms with Crippen molar-refractivity contribution in [3.8, 4) is 0 Å². The molecular formula is C12H17NO2S. The van der Waals surface area contributed by atoms with Crippen LogP contribution in [0.3, 0.4) is 0 Å². The summed E-state index contributed by atoms with van der Waals surface area (Å²) in [5.41, 5.74) is 6.32. The Morgan fingerprint density at radius 1 is 1.56 bits per heavy atom. The summed E-state index contributed by atoms with van der Waals surface area (Å²) in [7, 11) is 0. The van der Waals surface area contributed by atoms with Gasteiger partial charge in [0.2, 0.25) is 0 Å². The summed E-state index contributed by atoms with van der Waals surface area (Å²) in [6.45, 7) is 2.06. The molecule has 4 heteroatoms. The first-order chi connectivity index (χ1) is 7.63. The molecule has 0 aromatic heterocycles. The molecule has 3 nitrogen and oxygen atoms in total. The van der Waals surface area contributed by atoms with E-state index in [0.717, 1.165) is 17.7 Å². The lowest BCUT2D eigenvalue weighted by molar-refractivity contribution is -0.136. The third-order valence-corrected chi connectivity index (χ3v) is 3.48. The molecule has 0 saturated carbocycles. The Bertz CT molecular complexity index is 355. The van der Waals surface area contributed by atoms with Crippen LogP contribution >= 0.6 is 11.8 Å². The largest absolute Gasteiger partial charge is 0.480 e. The fourth-order valence-corrected chi connectivity index (χ4v) is 2.45. The summed E-state index contributed by atoms with van der Waals surface area (Å²) in [5, 5.41) is 8.71. The molecule has 0 fully saturated rings. The SMILES string of the molecule is CCCCC(Sc1cccc(N)c1)C(=O)O. The second-order valence-corrected chi connectivity index (χ2v) is 4.94. The van der Waals surface area contributed by atoms with Crippen molar-refractivity contribution in [2.24, 2.45) is 0 Å². The molecule has 0 aliphatic rings. The molecular weight excluding hydrogens is 222 g/mol. The lowest BCUT2D eigenvalue weighted by atomic mass is 10.2. The van der Waals surface area contributed by atoms with Crippen LogP contribution in [0.1, 0.15) is 26.2 Å². The maximum absolute atomic E-state index is 11.0. The van der Waals surface area contributed by atoms with Crippen LogP contribution in [0, 0.1) is 0 Å². The number of unbranched alkanes of at least 4 members (excludes halogenated alkanes) is 1. The summed E-state index contributed by atoms with van der Waals surface area (Å²) >= 11 is 1.37. The summed E-state index contributed by atoms with van der Waals surface area (Å²) < 4.78 is 0. The quantitative estimate of drug-likeness (QED) is 0.591. The number of benzene rings is 1. The van der Waals surface area contributed by atoms with Gasteiger partial charge in [0.25, 0.3) is 0 Å². The van der Waals surface area contributed by atoms with Crippen LogP contribution in [0.5, 0.6) is 0 Å². The molecule has 1 unspecified atom stereocenters. The monoisotopic (exact) mass is 239 g/mol. The van der Waals surface area contributed by atoms with Crippen LogP contribution < -0.4 is 5.73 Å². The lowest BCUT2D eigenvalue weighted by Gasteiger charge is -2.11. The Balaban J connectivity index is 2.64. The summed E-state index contributed by atoms with van der Waals surface area (Å²) in [4.78, 5) is 12.0. The number of hydrogen-bond acceptors (Lipinski definition) is 3. The highest BCUT2D eigenvalue weighted by molar-refractivity contribution is 8.00. The van der Waals surface area contributed by atoms with Gasteiger partial charge in [0, 0.05) is 10.6 Å². The smallest absolute Gasteiger partial charge is 0.316 e. The van der Waals surface area contributed by atoms with E-state index < -0.39 is 5.97 Å². The molecule has 3 N–H and O–H groups in total. The van der Waals surface area contributed by atoms with Crippen LogP contribution in [0.2, 0.25) is 0 Å². The third-order valence-electron chi connectivity index (χ3n) is 2.23. The Kier molecular flexibility index (Phi) is 5.19. The van der Waals surface area contributed by atoms with E-state index in [9.17, 15) is 4.79 Å². The molecule has 0 saturated heterocycles. The number of nitrogen functional groups attached to an aromatic ring is 1. The van der Waals surface area contributed by atoms with Crippen molar-refractivity contribution in [3.05, 3.63) is 24.3 Å². The number of nitrogens with two attached hydrogens (primary N) is 1. The molecule has 1 aromatic rings. The standard InChI is InChI=1S/C12H17NO2S/c1-2-3-7-11(12(14)15)16-10-6-4-5-9(13)8-10/h4-6,8,11H,2-3,7,13H2,1H3,(H,14,15). The van der Waals surface area contributed by atoms with Gasteiger partial charge in [-0.3, -0.25) is 4.79 Å². The fraction of sp³-hybridized carbons (Fsp3) is 0.417. The van der Waals surface area contributed by atoms with Crippen molar-refractivity contribution in [2.45, 2.75) is 36.3 Å². The summed E-state index contributed by atoms with van der Waals surface area (Å²) in [6, 6.07) is 7.34. The predicted octanol–water partition coefficient (Wildman–Crippen LogP) is 3.00. The van der Waals surface area contributed by atoms with Crippen molar-refractivity contribution in [1.29, 1.82) is 0 Å². The van der Waals surface area contributed by atoms with Gasteiger partial charge in [-0.25, -0.2) is 0 Å². The van der Waals surface area contributed by atoms with E-state index >= 15 is 0 Å². The van der Waals surface area contributed by atoms with Crippen molar-refractivity contribution >= 4 is 23.4 Å². The first kappa shape index (κ1) is 12.9. The zero-order valence-electron chi connectivity index (χ0n) is 9.35. The lowest BCUT2D eigenvalue weighted by Crippen LogP contribution is -2.15. The van der Waals surface area contributed by atoms with E-state index in [1.165, 1.54) is 11.8 Å².